The molecule has 2 aromatic carbocycles. The summed E-state index contributed by atoms with van der Waals surface area (Å²) < 4.78 is 52.7. The molecular weight excluding hydrogens is 391 g/mol. The van der Waals surface area contributed by atoms with Crippen molar-refractivity contribution in [1.82, 2.24) is 4.72 Å². The highest BCUT2D eigenvalue weighted by Gasteiger charge is 2.37. The fourth-order valence-corrected chi connectivity index (χ4v) is 4.60. The molecule has 2 aliphatic rings. The molecule has 0 saturated carbocycles. The summed E-state index contributed by atoms with van der Waals surface area (Å²) in [5.41, 5.74) is -0.566. The van der Waals surface area contributed by atoms with Crippen molar-refractivity contribution in [2.75, 3.05) is 30.7 Å². The standard InChI is InChI=1S/C18H19FN2O6S/c19-17-14-7-13(27-10-11-2-1-5-26-9-11)4-3-12(14)6-15(22)18(17)21-8-16(23)20-28(21,24)25/h3-4,6-7,11,22H,1-2,5,8-10H2,(H,20,23). The molecule has 8 nitrogen and oxygen atoms in total. The first-order valence-electron chi connectivity index (χ1n) is 8.84. The smallest absolute Gasteiger partial charge is 0.326 e. The van der Waals surface area contributed by atoms with E-state index >= 15 is 4.39 Å². The SMILES string of the molecule is O=C1CN(c2c(O)cc3ccc(OCC4CCCOC4)cc3c2F)S(=O)(=O)N1. The number of ether oxygens (including phenoxy) is 2. The van der Waals surface area contributed by atoms with Crippen LogP contribution in [0.25, 0.3) is 10.8 Å². The Bertz CT molecular complexity index is 1040. The van der Waals surface area contributed by atoms with Gasteiger partial charge in [0.2, 0.25) is 0 Å². The van der Waals surface area contributed by atoms with Gasteiger partial charge in [-0.25, -0.2) is 13.4 Å². The van der Waals surface area contributed by atoms with E-state index in [0.29, 0.717) is 28.7 Å². The zero-order chi connectivity index (χ0) is 19.9. The number of anilines is 1. The Morgan fingerprint density at radius 2 is 2.18 bits per heavy atom. The highest BCUT2D eigenvalue weighted by Crippen LogP contribution is 2.39. The molecule has 0 spiro atoms. The van der Waals surface area contributed by atoms with Crippen molar-refractivity contribution in [3.63, 3.8) is 0 Å². The van der Waals surface area contributed by atoms with Gasteiger partial charge in [0.15, 0.2) is 5.82 Å². The van der Waals surface area contributed by atoms with E-state index in [4.69, 9.17) is 9.47 Å². The van der Waals surface area contributed by atoms with Crippen LogP contribution in [-0.2, 0) is 19.7 Å². The molecule has 2 saturated heterocycles. The van der Waals surface area contributed by atoms with E-state index in [2.05, 4.69) is 0 Å². The second-order valence-electron chi connectivity index (χ2n) is 6.87. The van der Waals surface area contributed by atoms with Crippen LogP contribution in [0, 0.1) is 11.7 Å². The molecule has 0 bridgehead atoms. The van der Waals surface area contributed by atoms with Gasteiger partial charge in [0.1, 0.15) is 23.7 Å². The van der Waals surface area contributed by atoms with Crippen molar-refractivity contribution < 1.29 is 32.2 Å². The molecule has 2 aromatic rings. The average molecular weight is 410 g/mol. The Morgan fingerprint density at radius 3 is 2.86 bits per heavy atom. The number of phenols is 1. The molecule has 2 aliphatic heterocycles. The number of carbonyl (C=O) groups is 1. The maximum atomic E-state index is 15.1. The van der Waals surface area contributed by atoms with Gasteiger partial charge in [0.05, 0.1) is 13.2 Å². The minimum atomic E-state index is -4.25. The van der Waals surface area contributed by atoms with Crippen LogP contribution in [0.2, 0.25) is 0 Å². The second kappa shape index (κ2) is 7.10. The normalized spacial score (nSPS) is 21.7. The number of rotatable bonds is 4. The molecule has 4 rings (SSSR count). The lowest BCUT2D eigenvalue weighted by Crippen LogP contribution is -2.30. The molecule has 1 atom stereocenters. The van der Waals surface area contributed by atoms with Crippen molar-refractivity contribution in [3.8, 4) is 11.5 Å². The topological polar surface area (TPSA) is 105 Å². The Labute approximate surface area is 161 Å². The summed E-state index contributed by atoms with van der Waals surface area (Å²) in [6.07, 6.45) is 1.97. The van der Waals surface area contributed by atoms with E-state index in [1.807, 2.05) is 0 Å². The van der Waals surface area contributed by atoms with Crippen molar-refractivity contribution >= 4 is 32.6 Å². The van der Waals surface area contributed by atoms with Gasteiger partial charge < -0.3 is 14.6 Å². The van der Waals surface area contributed by atoms with Gasteiger partial charge in [0.25, 0.3) is 5.91 Å². The monoisotopic (exact) mass is 410 g/mol. The first-order valence-corrected chi connectivity index (χ1v) is 10.3. The van der Waals surface area contributed by atoms with Crippen LogP contribution in [0.1, 0.15) is 12.8 Å². The van der Waals surface area contributed by atoms with E-state index in [0.717, 1.165) is 19.4 Å². The van der Waals surface area contributed by atoms with E-state index in [1.54, 1.807) is 16.9 Å². The summed E-state index contributed by atoms with van der Waals surface area (Å²) in [6, 6.07) is 5.94. The number of amides is 1. The summed E-state index contributed by atoms with van der Waals surface area (Å²) >= 11 is 0. The van der Waals surface area contributed by atoms with Crippen LogP contribution in [0.5, 0.6) is 11.5 Å². The van der Waals surface area contributed by atoms with Gasteiger partial charge in [0, 0.05) is 17.9 Å². The van der Waals surface area contributed by atoms with Crippen LogP contribution in [0.3, 0.4) is 0 Å². The van der Waals surface area contributed by atoms with Gasteiger partial charge >= 0.3 is 10.2 Å². The van der Waals surface area contributed by atoms with Crippen LogP contribution >= 0.6 is 0 Å². The third-order valence-corrected chi connectivity index (χ3v) is 6.19. The largest absolute Gasteiger partial charge is 0.506 e. The molecule has 0 radical (unpaired) electrons. The van der Waals surface area contributed by atoms with Crippen molar-refractivity contribution in [2.24, 2.45) is 5.92 Å². The Hall–Kier alpha value is -2.59. The first-order chi connectivity index (χ1) is 13.3. The molecule has 1 amide bonds. The number of hydrogen-bond acceptors (Lipinski definition) is 6. The Kier molecular flexibility index (Phi) is 4.76. The summed E-state index contributed by atoms with van der Waals surface area (Å²) in [7, 11) is -4.25. The molecule has 0 aliphatic carbocycles. The number of fused-ring (bicyclic) bond motifs is 1. The second-order valence-corrected chi connectivity index (χ2v) is 8.47. The van der Waals surface area contributed by atoms with E-state index < -0.39 is 39.9 Å². The van der Waals surface area contributed by atoms with Crippen molar-refractivity contribution in [1.29, 1.82) is 0 Å². The number of benzene rings is 2. The van der Waals surface area contributed by atoms with Crippen LogP contribution in [-0.4, -0.2) is 45.8 Å². The van der Waals surface area contributed by atoms with Crippen LogP contribution < -0.4 is 13.8 Å². The third-order valence-electron chi connectivity index (χ3n) is 4.81. The Balaban J connectivity index is 1.67. The fraction of sp³-hybridized carbons (Fsp3) is 0.389. The predicted molar refractivity (Wildman–Crippen MR) is 99.0 cm³/mol. The van der Waals surface area contributed by atoms with Crippen molar-refractivity contribution in [3.05, 3.63) is 30.1 Å². The lowest BCUT2D eigenvalue weighted by atomic mass is 10.0. The molecule has 2 heterocycles. The lowest BCUT2D eigenvalue weighted by molar-refractivity contribution is -0.117. The maximum absolute atomic E-state index is 15.1. The molecule has 150 valence electrons. The van der Waals surface area contributed by atoms with Crippen molar-refractivity contribution in [2.45, 2.75) is 12.8 Å². The molecule has 28 heavy (non-hydrogen) atoms. The lowest BCUT2D eigenvalue weighted by Gasteiger charge is -2.22. The number of halogens is 1. The molecule has 1 unspecified atom stereocenters. The zero-order valence-corrected chi connectivity index (χ0v) is 15.7. The van der Waals surface area contributed by atoms with E-state index in [9.17, 15) is 18.3 Å². The summed E-state index contributed by atoms with van der Waals surface area (Å²) in [5.74, 6) is -1.63. The van der Waals surface area contributed by atoms with Crippen LogP contribution in [0.15, 0.2) is 24.3 Å². The quantitative estimate of drug-likeness (QED) is 0.795. The van der Waals surface area contributed by atoms with Crippen LogP contribution in [0.4, 0.5) is 10.1 Å². The number of nitrogens with zero attached hydrogens (tertiary/aromatic N) is 1. The highest BCUT2D eigenvalue weighted by atomic mass is 32.2. The van der Waals surface area contributed by atoms with Gasteiger partial charge in [-0.05, 0) is 36.4 Å². The summed E-state index contributed by atoms with van der Waals surface area (Å²) in [6.45, 7) is 1.20. The first kappa shape index (κ1) is 18.8. The highest BCUT2D eigenvalue weighted by molar-refractivity contribution is 7.92. The van der Waals surface area contributed by atoms with E-state index in [1.165, 1.54) is 12.1 Å². The number of hydrogen-bond donors (Lipinski definition) is 2. The molecule has 10 heteroatoms. The van der Waals surface area contributed by atoms with E-state index in [-0.39, 0.29) is 11.3 Å². The average Bonchev–Trinajstić information content (AvgIpc) is 2.93. The molecule has 2 N–H and O–H groups in total. The number of aromatic hydroxyl groups is 1. The predicted octanol–water partition coefficient (Wildman–Crippen LogP) is 1.67. The molecule has 2 fully saturated rings. The number of carbonyl (C=O) groups excluding carboxylic acids is 1. The zero-order valence-electron chi connectivity index (χ0n) is 14.9. The number of phenolic OH excluding ortho intramolecular Hbond substituents is 1. The van der Waals surface area contributed by atoms with Gasteiger partial charge in [-0.2, -0.15) is 8.42 Å². The minimum Gasteiger partial charge on any atom is -0.506 e. The Morgan fingerprint density at radius 1 is 1.36 bits per heavy atom. The summed E-state index contributed by atoms with van der Waals surface area (Å²) in [5, 5.41) is 10.6. The minimum absolute atomic E-state index is 0.0831. The number of nitrogens with one attached hydrogen (secondary N) is 1. The molecule has 0 aromatic heterocycles. The fourth-order valence-electron chi connectivity index (χ4n) is 3.43. The molecular formula is C18H19FN2O6S. The van der Waals surface area contributed by atoms with Gasteiger partial charge in [-0.1, -0.05) is 6.07 Å². The van der Waals surface area contributed by atoms with Gasteiger partial charge in [-0.3, -0.25) is 4.79 Å². The maximum Gasteiger partial charge on any atom is 0.326 e. The third kappa shape index (κ3) is 3.45. The summed E-state index contributed by atoms with van der Waals surface area (Å²) in [4.78, 5) is 11.5. The van der Waals surface area contributed by atoms with Gasteiger partial charge in [-0.15, -0.1) is 0 Å².